The maximum atomic E-state index is 14.4. The van der Waals surface area contributed by atoms with Gasteiger partial charge in [-0.25, -0.2) is 0 Å². The smallest absolute Gasteiger partial charge is 0.394 e. The Bertz CT molecular complexity index is 1160. The number of hydrogen-bond acceptors (Lipinski definition) is 3. The third-order valence-electron chi connectivity index (χ3n) is 5.92. The van der Waals surface area contributed by atoms with Crippen molar-refractivity contribution in [1.29, 1.82) is 0 Å². The molecule has 3 aromatic rings. The summed E-state index contributed by atoms with van der Waals surface area (Å²) in [5, 5.41) is 9.93. The van der Waals surface area contributed by atoms with Crippen molar-refractivity contribution in [3.8, 4) is 11.1 Å². The number of benzene rings is 2. The molecule has 1 unspecified atom stereocenters. The molecule has 1 aliphatic heterocycles. The van der Waals surface area contributed by atoms with Gasteiger partial charge in [0, 0.05) is 30.2 Å². The first-order valence-electron chi connectivity index (χ1n) is 10.8. The molecule has 1 aromatic heterocycles. The van der Waals surface area contributed by atoms with Crippen LogP contribution in [0.25, 0.3) is 11.1 Å². The summed E-state index contributed by atoms with van der Waals surface area (Å²) in [6.45, 7) is 1.47. The number of hydrogen-bond donors (Lipinski definition) is 1. The van der Waals surface area contributed by atoms with Gasteiger partial charge in [-0.15, -0.1) is 0 Å². The van der Waals surface area contributed by atoms with Gasteiger partial charge in [0.1, 0.15) is 11.4 Å². The van der Waals surface area contributed by atoms with Crippen molar-refractivity contribution in [1.82, 2.24) is 9.47 Å². The molecule has 34 heavy (non-hydrogen) atoms. The molecule has 1 aliphatic rings. The quantitative estimate of drug-likeness (QED) is 0.544. The molecule has 0 spiro atoms. The Morgan fingerprint density at radius 2 is 1.82 bits per heavy atom. The molecule has 1 atom stereocenters. The zero-order valence-corrected chi connectivity index (χ0v) is 19.2. The van der Waals surface area contributed by atoms with Crippen LogP contribution in [0.3, 0.4) is 0 Å². The fourth-order valence-electron chi connectivity index (χ4n) is 4.39. The number of morpholine rings is 1. The molecule has 0 saturated carbocycles. The summed E-state index contributed by atoms with van der Waals surface area (Å²) in [5.74, 6) is -0.541. The number of carbonyl (C=O) groups is 1. The van der Waals surface area contributed by atoms with Crippen LogP contribution in [0.1, 0.15) is 27.3 Å². The van der Waals surface area contributed by atoms with Gasteiger partial charge in [0.15, 0.2) is 0 Å². The third-order valence-corrected chi connectivity index (χ3v) is 6.18. The Morgan fingerprint density at radius 3 is 2.44 bits per heavy atom. The summed E-state index contributed by atoms with van der Waals surface area (Å²) in [4.78, 5) is 15.2. The Morgan fingerprint density at radius 1 is 1.15 bits per heavy atom. The monoisotopic (exact) mass is 492 g/mol. The van der Waals surface area contributed by atoms with Gasteiger partial charge in [0.05, 0.1) is 19.3 Å². The maximum absolute atomic E-state index is 14.4. The number of carbonyl (C=O) groups excluding carboxylic acids is 1. The van der Waals surface area contributed by atoms with E-state index in [4.69, 9.17) is 16.3 Å². The summed E-state index contributed by atoms with van der Waals surface area (Å²) in [7, 11) is 0. The minimum atomic E-state index is -4.68. The van der Waals surface area contributed by atoms with E-state index in [9.17, 15) is 23.1 Å². The van der Waals surface area contributed by atoms with Gasteiger partial charge in [-0.3, -0.25) is 4.79 Å². The molecule has 0 radical (unpaired) electrons. The second kappa shape index (κ2) is 9.82. The zero-order valence-electron chi connectivity index (χ0n) is 18.5. The number of nitrogens with zero attached hydrogens (tertiary/aromatic N) is 2. The van der Waals surface area contributed by atoms with E-state index in [0.717, 1.165) is 4.57 Å². The molecule has 4 rings (SSSR count). The normalized spacial score (nSPS) is 16.6. The Hall–Kier alpha value is -2.81. The summed E-state index contributed by atoms with van der Waals surface area (Å²) < 4.78 is 49.7. The van der Waals surface area contributed by atoms with Crippen LogP contribution in [0.4, 0.5) is 13.2 Å². The molecule has 180 valence electrons. The van der Waals surface area contributed by atoms with Crippen LogP contribution in [0.15, 0.2) is 54.6 Å². The van der Waals surface area contributed by atoms with Crippen LogP contribution >= 0.6 is 11.6 Å². The van der Waals surface area contributed by atoms with E-state index in [1.807, 2.05) is 0 Å². The van der Waals surface area contributed by atoms with Gasteiger partial charge in [0.2, 0.25) is 0 Å². The van der Waals surface area contributed by atoms with E-state index in [-0.39, 0.29) is 49.7 Å². The van der Waals surface area contributed by atoms with Gasteiger partial charge in [-0.05, 0) is 35.7 Å². The lowest BCUT2D eigenvalue weighted by atomic mass is 10.00. The number of halogens is 4. The van der Waals surface area contributed by atoms with Gasteiger partial charge >= 0.3 is 6.18 Å². The molecule has 5 nitrogen and oxygen atoms in total. The molecular formula is C25H24ClF3N2O3. The fourth-order valence-corrected chi connectivity index (χ4v) is 4.52. The summed E-state index contributed by atoms with van der Waals surface area (Å²) in [5.41, 5.74) is 0.383. The lowest BCUT2D eigenvalue weighted by Gasteiger charge is -2.32. The standard InChI is InChI=1S/C25H24ClF3N2O3/c1-16-21(18-7-9-19(26)10-8-18)22(24(33)30-11-12-34-20(14-30)15-32)31(23(16)25(27,28)29)13-17-5-3-2-4-6-17/h2-10,20,32H,11-15H2,1H3. The number of amides is 1. The Kier molecular flexibility index (Phi) is 7.02. The fraction of sp³-hybridized carbons (Fsp3) is 0.320. The highest BCUT2D eigenvalue weighted by molar-refractivity contribution is 6.30. The molecule has 1 amide bonds. The second-order valence-electron chi connectivity index (χ2n) is 8.20. The van der Waals surface area contributed by atoms with E-state index in [0.29, 0.717) is 16.1 Å². The van der Waals surface area contributed by atoms with Gasteiger partial charge in [0.25, 0.3) is 5.91 Å². The first-order valence-corrected chi connectivity index (χ1v) is 11.2. The lowest BCUT2D eigenvalue weighted by Crippen LogP contribution is -2.47. The van der Waals surface area contributed by atoms with Crippen molar-refractivity contribution in [3.63, 3.8) is 0 Å². The van der Waals surface area contributed by atoms with Crippen LogP contribution in [0, 0.1) is 6.92 Å². The molecular weight excluding hydrogens is 469 g/mol. The second-order valence-corrected chi connectivity index (χ2v) is 8.64. The van der Waals surface area contributed by atoms with Gasteiger partial charge in [-0.2, -0.15) is 13.2 Å². The molecule has 1 saturated heterocycles. The van der Waals surface area contributed by atoms with Gasteiger partial charge in [-0.1, -0.05) is 54.1 Å². The Balaban J connectivity index is 1.95. The highest BCUT2D eigenvalue weighted by atomic mass is 35.5. The summed E-state index contributed by atoms with van der Waals surface area (Å²) >= 11 is 6.01. The van der Waals surface area contributed by atoms with Crippen molar-refractivity contribution < 1.29 is 27.8 Å². The average molecular weight is 493 g/mol. The predicted molar refractivity (Wildman–Crippen MR) is 123 cm³/mol. The van der Waals surface area contributed by atoms with E-state index >= 15 is 0 Å². The van der Waals surface area contributed by atoms with Crippen LogP contribution in [0.5, 0.6) is 0 Å². The van der Waals surface area contributed by atoms with Crippen molar-refractivity contribution in [2.75, 3.05) is 26.3 Å². The largest absolute Gasteiger partial charge is 0.431 e. The predicted octanol–water partition coefficient (Wildman–Crippen LogP) is 5.02. The van der Waals surface area contributed by atoms with E-state index in [2.05, 4.69) is 0 Å². The third kappa shape index (κ3) is 4.85. The highest BCUT2D eigenvalue weighted by Gasteiger charge is 2.42. The van der Waals surface area contributed by atoms with Crippen LogP contribution in [-0.4, -0.2) is 52.9 Å². The number of aromatic nitrogens is 1. The molecule has 0 aliphatic carbocycles. The molecule has 2 heterocycles. The summed E-state index contributed by atoms with van der Waals surface area (Å²) in [6, 6.07) is 15.1. The molecule has 0 bridgehead atoms. The van der Waals surface area contributed by atoms with Crippen molar-refractivity contribution in [2.45, 2.75) is 25.7 Å². The zero-order chi connectivity index (χ0) is 24.5. The number of aliphatic hydroxyl groups excluding tert-OH is 1. The average Bonchev–Trinajstić information content (AvgIpc) is 3.11. The van der Waals surface area contributed by atoms with Crippen LogP contribution in [0.2, 0.25) is 5.02 Å². The van der Waals surface area contributed by atoms with Gasteiger partial charge < -0.3 is 19.3 Å². The molecule has 1 N–H and O–H groups in total. The van der Waals surface area contributed by atoms with Crippen molar-refractivity contribution in [2.24, 2.45) is 0 Å². The number of aliphatic hydroxyl groups is 1. The Labute approximate surface area is 200 Å². The molecule has 1 fully saturated rings. The SMILES string of the molecule is Cc1c(-c2ccc(Cl)cc2)c(C(=O)N2CCOC(CO)C2)n(Cc2ccccc2)c1C(F)(F)F. The van der Waals surface area contributed by atoms with Crippen LogP contribution in [-0.2, 0) is 17.5 Å². The van der Waals surface area contributed by atoms with Crippen molar-refractivity contribution >= 4 is 17.5 Å². The maximum Gasteiger partial charge on any atom is 0.431 e. The first kappa shape index (κ1) is 24.3. The van der Waals surface area contributed by atoms with Crippen LogP contribution < -0.4 is 0 Å². The van der Waals surface area contributed by atoms with E-state index in [1.165, 1.54) is 11.8 Å². The highest BCUT2D eigenvalue weighted by Crippen LogP contribution is 2.42. The lowest BCUT2D eigenvalue weighted by molar-refractivity contribution is -0.143. The molecule has 9 heteroatoms. The first-order chi connectivity index (χ1) is 16.2. The molecule has 2 aromatic carbocycles. The van der Waals surface area contributed by atoms with E-state index in [1.54, 1.807) is 54.6 Å². The number of ether oxygens (including phenoxy) is 1. The topological polar surface area (TPSA) is 54.7 Å². The van der Waals surface area contributed by atoms with E-state index < -0.39 is 23.9 Å². The summed E-state index contributed by atoms with van der Waals surface area (Å²) in [6.07, 6.45) is -5.27. The number of alkyl halides is 3. The number of rotatable bonds is 5. The van der Waals surface area contributed by atoms with Crippen molar-refractivity contribution in [3.05, 3.63) is 82.1 Å². The minimum absolute atomic E-state index is 0.0268. The minimum Gasteiger partial charge on any atom is -0.394 e.